The van der Waals surface area contributed by atoms with Crippen LogP contribution in [0.1, 0.15) is 28.8 Å². The molecule has 1 aromatic carbocycles. The van der Waals surface area contributed by atoms with Gasteiger partial charge in [0.05, 0.1) is 24.5 Å². The fourth-order valence-corrected chi connectivity index (χ4v) is 3.45. The number of likely N-dealkylation sites (tertiary alicyclic amines) is 1. The summed E-state index contributed by atoms with van der Waals surface area (Å²) < 4.78 is 1.70. The summed E-state index contributed by atoms with van der Waals surface area (Å²) in [5.74, 6) is 0.313. The number of nitrogens with zero attached hydrogens (tertiary/aromatic N) is 3. The van der Waals surface area contributed by atoms with E-state index >= 15 is 0 Å². The molecule has 1 aliphatic rings. The number of aromatic nitrogens is 2. The van der Waals surface area contributed by atoms with Crippen LogP contribution in [0.5, 0.6) is 5.75 Å². The molecule has 1 saturated heterocycles. The molecule has 0 atom stereocenters. The predicted molar refractivity (Wildman–Crippen MR) is 111 cm³/mol. The van der Waals surface area contributed by atoms with Crippen molar-refractivity contribution in [3.63, 3.8) is 0 Å². The molecule has 0 saturated carbocycles. The van der Waals surface area contributed by atoms with E-state index in [4.69, 9.17) is 11.6 Å². The molecule has 1 aromatic heterocycles. The van der Waals surface area contributed by atoms with Gasteiger partial charge in [-0.1, -0.05) is 25.1 Å². The van der Waals surface area contributed by atoms with Crippen molar-refractivity contribution in [2.24, 2.45) is 7.05 Å². The Morgan fingerprint density at radius 1 is 1.41 bits per heavy atom. The van der Waals surface area contributed by atoms with Crippen molar-refractivity contribution in [1.29, 1.82) is 0 Å². The quantitative estimate of drug-likeness (QED) is 0.473. The third kappa shape index (κ3) is 4.37. The first-order valence-corrected chi connectivity index (χ1v) is 9.69. The van der Waals surface area contributed by atoms with Gasteiger partial charge in [-0.15, -0.1) is 0 Å². The van der Waals surface area contributed by atoms with Gasteiger partial charge in [-0.05, 0) is 24.1 Å². The molecule has 154 valence electrons. The van der Waals surface area contributed by atoms with Crippen LogP contribution >= 0.6 is 11.6 Å². The summed E-state index contributed by atoms with van der Waals surface area (Å²) in [4.78, 5) is 29.9. The van der Waals surface area contributed by atoms with Crippen molar-refractivity contribution < 1.29 is 14.7 Å². The minimum absolute atomic E-state index is 0.0583. The number of nitrogens with one attached hydrogen (secondary N) is 2. The molecule has 0 radical (unpaired) electrons. The molecule has 29 heavy (non-hydrogen) atoms. The Hall–Kier alpha value is -3.00. The van der Waals surface area contributed by atoms with Crippen LogP contribution in [-0.2, 0) is 24.8 Å². The van der Waals surface area contributed by atoms with E-state index in [-0.39, 0.29) is 23.6 Å². The van der Waals surface area contributed by atoms with Crippen LogP contribution in [-0.4, -0.2) is 50.5 Å². The number of imidazole rings is 1. The second kappa shape index (κ2) is 8.57. The number of anilines is 1. The Bertz CT molecular complexity index is 950. The lowest BCUT2D eigenvalue weighted by Crippen LogP contribution is -2.60. The Morgan fingerprint density at radius 3 is 2.79 bits per heavy atom. The molecular weight excluding hydrogens is 394 g/mol. The highest BCUT2D eigenvalue weighted by Crippen LogP contribution is 2.31. The molecule has 3 rings (SSSR count). The van der Waals surface area contributed by atoms with E-state index < -0.39 is 0 Å². The minimum Gasteiger partial charge on any atom is -0.506 e. The van der Waals surface area contributed by atoms with Crippen LogP contribution in [0.2, 0.25) is 5.02 Å². The lowest BCUT2D eigenvalue weighted by molar-refractivity contribution is -0.130. The predicted octanol–water partition coefficient (Wildman–Crippen LogP) is 2.08. The molecule has 0 spiro atoms. The summed E-state index contributed by atoms with van der Waals surface area (Å²) >= 11 is 6.10. The maximum absolute atomic E-state index is 12.5. The van der Waals surface area contributed by atoms with Gasteiger partial charge in [0.25, 0.3) is 5.91 Å². The third-order valence-corrected chi connectivity index (χ3v) is 5.35. The second-order valence-corrected chi connectivity index (χ2v) is 7.31. The Balaban J connectivity index is 1.60. The smallest absolute Gasteiger partial charge is 0.269 e. The molecule has 1 fully saturated rings. The van der Waals surface area contributed by atoms with Crippen molar-refractivity contribution in [3.8, 4) is 5.75 Å². The number of halogens is 1. The highest BCUT2D eigenvalue weighted by molar-refractivity contribution is 6.31. The van der Waals surface area contributed by atoms with E-state index in [0.717, 1.165) is 12.0 Å². The highest BCUT2D eigenvalue weighted by Gasteiger charge is 2.31. The molecule has 2 heterocycles. The summed E-state index contributed by atoms with van der Waals surface area (Å²) in [6.07, 6.45) is 3.52. The minimum atomic E-state index is -0.246. The number of phenolic OH excluding ortho intramolecular Hbond substituents is 1. The van der Waals surface area contributed by atoms with Crippen LogP contribution in [0, 0.1) is 0 Å². The van der Waals surface area contributed by atoms with E-state index in [0.29, 0.717) is 41.9 Å². The number of hydrogen-bond donors (Lipinski definition) is 3. The summed E-state index contributed by atoms with van der Waals surface area (Å²) in [5, 5.41) is 16.6. The van der Waals surface area contributed by atoms with E-state index in [2.05, 4.69) is 22.2 Å². The molecule has 8 nitrogen and oxygen atoms in total. The molecule has 9 heteroatoms. The molecular formula is C20H24ClN5O3. The van der Waals surface area contributed by atoms with Crippen LogP contribution in [0.15, 0.2) is 31.0 Å². The monoisotopic (exact) mass is 417 g/mol. The maximum atomic E-state index is 12.5. The fraction of sp³-hybridized carbons (Fsp3) is 0.350. The summed E-state index contributed by atoms with van der Waals surface area (Å²) in [7, 11) is 1.76. The van der Waals surface area contributed by atoms with Crippen LogP contribution in [0.4, 0.5) is 5.69 Å². The van der Waals surface area contributed by atoms with Crippen LogP contribution in [0.3, 0.4) is 0 Å². The number of carbonyl (C=O) groups excluding carboxylic acids is 2. The van der Waals surface area contributed by atoms with E-state index in [1.165, 1.54) is 18.3 Å². The molecule has 0 bridgehead atoms. The Labute approximate surface area is 174 Å². The molecule has 2 aromatic rings. The van der Waals surface area contributed by atoms with Gasteiger partial charge in [0.1, 0.15) is 17.3 Å². The van der Waals surface area contributed by atoms with Gasteiger partial charge >= 0.3 is 0 Å². The van der Waals surface area contributed by atoms with Crippen molar-refractivity contribution in [2.75, 3.05) is 18.4 Å². The zero-order chi connectivity index (χ0) is 21.1. The normalized spacial score (nSPS) is 13.7. The van der Waals surface area contributed by atoms with E-state index in [1.807, 2.05) is 6.92 Å². The fourth-order valence-electron chi connectivity index (χ4n) is 3.16. The lowest BCUT2D eigenvalue weighted by atomic mass is 10.1. The van der Waals surface area contributed by atoms with Gasteiger partial charge in [0.15, 0.2) is 0 Å². The Kier molecular flexibility index (Phi) is 6.12. The maximum Gasteiger partial charge on any atom is 0.269 e. The van der Waals surface area contributed by atoms with Gasteiger partial charge in [-0.2, -0.15) is 0 Å². The van der Waals surface area contributed by atoms with E-state index in [1.54, 1.807) is 22.6 Å². The number of phenols is 1. The lowest BCUT2D eigenvalue weighted by Gasteiger charge is -2.38. The number of carbonyl (C=O) groups is 2. The molecule has 1 aliphatic heterocycles. The topological polar surface area (TPSA) is 99.5 Å². The summed E-state index contributed by atoms with van der Waals surface area (Å²) in [6, 6.07) is 3.24. The largest absolute Gasteiger partial charge is 0.506 e. The van der Waals surface area contributed by atoms with Crippen molar-refractivity contribution in [1.82, 2.24) is 19.8 Å². The first-order chi connectivity index (χ1) is 13.8. The van der Waals surface area contributed by atoms with E-state index in [9.17, 15) is 14.7 Å². The number of aromatic hydroxyl groups is 1. The summed E-state index contributed by atoms with van der Waals surface area (Å²) in [6.45, 7) is 6.71. The van der Waals surface area contributed by atoms with Gasteiger partial charge in [-0.25, -0.2) is 4.98 Å². The van der Waals surface area contributed by atoms with Crippen molar-refractivity contribution >= 4 is 29.1 Å². The SMILES string of the molecule is C=CC(=O)N1CC(NC(=O)c2cnc(CNc3cc(CC)c(Cl)cc3O)n2C)C1. The molecule has 0 unspecified atom stereocenters. The Morgan fingerprint density at radius 2 is 2.14 bits per heavy atom. The first kappa shape index (κ1) is 20.7. The number of hydrogen-bond acceptors (Lipinski definition) is 5. The summed E-state index contributed by atoms with van der Waals surface area (Å²) in [5.41, 5.74) is 1.91. The number of benzene rings is 1. The number of amides is 2. The van der Waals surface area contributed by atoms with Gasteiger partial charge in [0.2, 0.25) is 5.91 Å². The third-order valence-electron chi connectivity index (χ3n) is 5.00. The number of rotatable bonds is 7. The molecule has 0 aliphatic carbocycles. The van der Waals surface area contributed by atoms with Gasteiger partial charge in [-0.3, -0.25) is 9.59 Å². The second-order valence-electron chi connectivity index (χ2n) is 6.90. The van der Waals surface area contributed by atoms with Crippen molar-refractivity contribution in [3.05, 3.63) is 53.1 Å². The molecule has 2 amide bonds. The van der Waals surface area contributed by atoms with Crippen LogP contribution < -0.4 is 10.6 Å². The zero-order valence-corrected chi connectivity index (χ0v) is 17.2. The van der Waals surface area contributed by atoms with Gasteiger partial charge in [0, 0.05) is 31.2 Å². The molecule has 3 N–H and O–H groups in total. The highest BCUT2D eigenvalue weighted by atomic mass is 35.5. The zero-order valence-electron chi connectivity index (χ0n) is 16.4. The van der Waals surface area contributed by atoms with Crippen LogP contribution in [0.25, 0.3) is 0 Å². The number of aryl methyl sites for hydroxylation is 1. The standard InChI is InChI=1S/C20H24ClN5O3/c1-4-12-6-15(17(27)7-14(12)21)22-9-18-23-8-16(25(18)3)20(29)24-13-10-26(11-13)19(28)5-2/h5-8,13,22,27H,2,4,9-11H2,1,3H3,(H,24,29). The van der Waals surface area contributed by atoms with Gasteiger partial charge < -0.3 is 25.2 Å². The average molecular weight is 418 g/mol. The van der Waals surface area contributed by atoms with Crippen molar-refractivity contribution in [2.45, 2.75) is 25.9 Å². The first-order valence-electron chi connectivity index (χ1n) is 9.32. The average Bonchev–Trinajstić information content (AvgIpc) is 3.03.